The van der Waals surface area contributed by atoms with Gasteiger partial charge >= 0.3 is 12.1 Å². The summed E-state index contributed by atoms with van der Waals surface area (Å²) in [5.41, 5.74) is -1.94. The van der Waals surface area contributed by atoms with Gasteiger partial charge in [0.15, 0.2) is 0 Å². The van der Waals surface area contributed by atoms with Gasteiger partial charge in [-0.1, -0.05) is 34.1 Å². The van der Waals surface area contributed by atoms with Crippen molar-refractivity contribution >= 4 is 17.8 Å². The molecule has 9 heteroatoms. The minimum atomic E-state index is -0.695. The van der Waals surface area contributed by atoms with Crippen LogP contribution in [-0.4, -0.2) is 72.1 Å². The number of ether oxygens (including phenoxy) is 2. The first-order valence-electron chi connectivity index (χ1n) is 15.8. The van der Waals surface area contributed by atoms with Crippen molar-refractivity contribution < 1.29 is 34.1 Å². The molecule has 3 rings (SSSR count). The Hall–Kier alpha value is -1.71. The minimum Gasteiger partial charge on any atom is -0.460 e. The number of carbonyl (C=O) groups is 3. The maximum Gasteiger partial charge on any atom is 0.407 e. The van der Waals surface area contributed by atoms with E-state index in [0.717, 1.165) is 45.1 Å². The molecule has 0 aliphatic heterocycles. The van der Waals surface area contributed by atoms with Crippen molar-refractivity contribution in [1.29, 1.82) is 0 Å². The Morgan fingerprint density at radius 1 is 1.10 bits per heavy atom. The molecule has 1 amide bonds. The Morgan fingerprint density at radius 2 is 1.78 bits per heavy atom. The number of aliphatic hydroxyl groups excluding tert-OH is 2. The zero-order valence-corrected chi connectivity index (χ0v) is 26.5. The van der Waals surface area contributed by atoms with E-state index in [1.807, 2.05) is 20.8 Å². The van der Waals surface area contributed by atoms with E-state index in [1.54, 1.807) is 0 Å². The summed E-state index contributed by atoms with van der Waals surface area (Å²) in [4.78, 5) is 37.9. The molecule has 3 aliphatic rings. The zero-order chi connectivity index (χ0) is 30.6. The molecule has 0 aromatic rings. The molecule has 2 bridgehead atoms. The average molecular weight is 581 g/mol. The van der Waals surface area contributed by atoms with E-state index in [2.05, 4.69) is 38.3 Å². The molecule has 3 fully saturated rings. The van der Waals surface area contributed by atoms with Gasteiger partial charge in [-0.05, 0) is 89.0 Å². The van der Waals surface area contributed by atoms with Gasteiger partial charge in [-0.2, -0.15) is 0 Å². The van der Waals surface area contributed by atoms with Crippen LogP contribution in [-0.2, 0) is 19.1 Å². The number of hydrogen-bond acceptors (Lipinski definition) is 8. The van der Waals surface area contributed by atoms with Crippen molar-refractivity contribution in [3.05, 3.63) is 0 Å². The van der Waals surface area contributed by atoms with E-state index >= 15 is 0 Å². The average Bonchev–Trinajstić information content (AvgIpc) is 3.25. The highest BCUT2D eigenvalue weighted by Gasteiger charge is 2.69. The molecule has 0 saturated heterocycles. The normalized spacial score (nSPS) is 37.1. The van der Waals surface area contributed by atoms with Gasteiger partial charge in [0, 0.05) is 36.8 Å². The molecule has 236 valence electrons. The summed E-state index contributed by atoms with van der Waals surface area (Å²) in [5, 5.41) is 28.0. The molecule has 4 N–H and O–H groups in total. The number of amides is 1. The third kappa shape index (κ3) is 7.10. The number of unbranched alkanes of at least 4 members (excludes halogenated alkanes) is 2. The van der Waals surface area contributed by atoms with Crippen molar-refractivity contribution in [3.63, 3.8) is 0 Å². The van der Waals surface area contributed by atoms with Crippen LogP contribution >= 0.6 is 0 Å². The highest BCUT2D eigenvalue weighted by molar-refractivity contribution is 5.85. The Morgan fingerprint density at radius 3 is 2.41 bits per heavy atom. The molecule has 0 spiro atoms. The Bertz CT molecular complexity index is 935. The molecule has 0 aromatic carbocycles. The van der Waals surface area contributed by atoms with E-state index in [1.165, 1.54) is 0 Å². The molecule has 8 atom stereocenters. The molecule has 3 aliphatic carbocycles. The summed E-state index contributed by atoms with van der Waals surface area (Å²) in [6, 6.07) is 0. The number of aliphatic hydroxyl groups is 2. The topological polar surface area (TPSA) is 134 Å². The Kier molecular flexibility index (Phi) is 11.0. The van der Waals surface area contributed by atoms with Gasteiger partial charge in [0.2, 0.25) is 0 Å². The van der Waals surface area contributed by atoms with E-state index in [-0.39, 0.29) is 29.0 Å². The van der Waals surface area contributed by atoms with Crippen LogP contribution in [0.4, 0.5) is 4.79 Å². The number of rotatable bonds is 11. The standard InChI is InChI=1S/C32H56N2O7/c1-8-30(6)18-24(40-25(37)20-35)31(7)21(2)12-14-32(15-13-23(36)26(31)32)22(27(30)38)19-33-16-10-9-11-17-34-28(39)41-29(3,4)5/h21-22,24,26-27,33,35,38H,8-20H2,1-7H3,(H,34,39)/t21-,22-,24-,26?,27+,30+,31+,32+/m1/s1. The number of hydrogen-bond donors (Lipinski definition) is 4. The Balaban J connectivity index is 1.73. The van der Waals surface area contributed by atoms with Crippen molar-refractivity contribution in [1.82, 2.24) is 10.6 Å². The van der Waals surface area contributed by atoms with Crippen LogP contribution in [0.3, 0.4) is 0 Å². The van der Waals surface area contributed by atoms with Crippen LogP contribution in [0.25, 0.3) is 0 Å². The first kappa shape index (κ1) is 33.8. The first-order valence-corrected chi connectivity index (χ1v) is 15.8. The number of carbonyl (C=O) groups excluding carboxylic acids is 3. The van der Waals surface area contributed by atoms with Gasteiger partial charge in [-0.25, -0.2) is 9.59 Å². The maximum absolute atomic E-state index is 13.7. The van der Waals surface area contributed by atoms with Gasteiger partial charge in [0.05, 0.1) is 6.10 Å². The second-order valence-corrected chi connectivity index (χ2v) is 14.5. The number of esters is 1. The predicted octanol–water partition coefficient (Wildman–Crippen LogP) is 4.37. The van der Waals surface area contributed by atoms with Gasteiger partial charge in [-0.3, -0.25) is 4.79 Å². The monoisotopic (exact) mass is 580 g/mol. The van der Waals surface area contributed by atoms with Crippen molar-refractivity contribution in [2.24, 2.45) is 34.0 Å². The SMILES string of the molecule is CC[C@@]1(C)C[C@@H](OC(=O)CO)[C@@]2(C)C3C(=O)CC[C@@]3(CC[C@H]2C)[C@H](CNCCCCCNC(=O)OC(C)(C)C)[C@@H]1O. The number of alkyl carbamates (subject to hydrolysis) is 1. The minimum absolute atomic E-state index is 0.0981. The fraction of sp³-hybridized carbons (Fsp3) is 0.906. The first-order chi connectivity index (χ1) is 19.1. The molecule has 3 saturated carbocycles. The van der Waals surface area contributed by atoms with Gasteiger partial charge < -0.3 is 30.3 Å². The summed E-state index contributed by atoms with van der Waals surface area (Å²) in [6.45, 7) is 15.3. The van der Waals surface area contributed by atoms with Crippen molar-refractivity contribution in [2.45, 2.75) is 124 Å². The summed E-state index contributed by atoms with van der Waals surface area (Å²) in [7, 11) is 0. The van der Waals surface area contributed by atoms with Crippen LogP contribution < -0.4 is 10.6 Å². The van der Waals surface area contributed by atoms with E-state index in [0.29, 0.717) is 32.4 Å². The maximum atomic E-state index is 13.7. The van der Waals surface area contributed by atoms with E-state index in [9.17, 15) is 24.6 Å². The van der Waals surface area contributed by atoms with Crippen molar-refractivity contribution in [3.8, 4) is 0 Å². The molecule has 0 heterocycles. The number of ketones is 1. The molecule has 1 unspecified atom stereocenters. The Labute approximate surface area is 246 Å². The lowest BCUT2D eigenvalue weighted by molar-refractivity contribution is -0.214. The summed E-state index contributed by atoms with van der Waals surface area (Å²) in [5.74, 6) is -0.675. The second-order valence-electron chi connectivity index (χ2n) is 14.5. The van der Waals surface area contributed by atoms with E-state index < -0.39 is 47.3 Å². The number of nitrogens with one attached hydrogen (secondary N) is 2. The molecular weight excluding hydrogens is 524 g/mol. The third-order valence-electron chi connectivity index (χ3n) is 10.9. The van der Waals surface area contributed by atoms with Crippen LogP contribution in [0.5, 0.6) is 0 Å². The van der Waals surface area contributed by atoms with Gasteiger partial charge in [0.1, 0.15) is 24.1 Å². The molecule has 0 radical (unpaired) electrons. The molecule has 9 nitrogen and oxygen atoms in total. The van der Waals surface area contributed by atoms with Gasteiger partial charge in [-0.15, -0.1) is 0 Å². The molecular formula is C32H56N2O7. The largest absolute Gasteiger partial charge is 0.460 e. The van der Waals surface area contributed by atoms with Crippen LogP contribution in [0, 0.1) is 34.0 Å². The zero-order valence-electron chi connectivity index (χ0n) is 26.5. The highest BCUT2D eigenvalue weighted by atomic mass is 16.6. The van der Waals surface area contributed by atoms with Crippen LogP contribution in [0.1, 0.15) is 106 Å². The molecule has 0 aromatic heterocycles. The van der Waals surface area contributed by atoms with E-state index in [4.69, 9.17) is 9.47 Å². The lowest BCUT2D eigenvalue weighted by atomic mass is 9.43. The second kappa shape index (κ2) is 13.3. The lowest BCUT2D eigenvalue weighted by Gasteiger charge is -2.62. The summed E-state index contributed by atoms with van der Waals surface area (Å²) in [6.07, 6.45) is 5.32. The molecule has 41 heavy (non-hydrogen) atoms. The van der Waals surface area contributed by atoms with Gasteiger partial charge in [0.25, 0.3) is 0 Å². The summed E-state index contributed by atoms with van der Waals surface area (Å²) < 4.78 is 11.2. The number of Topliss-reactive ketones (excluding diaryl/α,β-unsaturated/α-hetero) is 1. The van der Waals surface area contributed by atoms with Crippen molar-refractivity contribution in [2.75, 3.05) is 26.2 Å². The fourth-order valence-corrected chi connectivity index (χ4v) is 8.28. The quantitative estimate of drug-likeness (QED) is 0.209. The highest BCUT2D eigenvalue weighted by Crippen LogP contribution is 2.68. The van der Waals surface area contributed by atoms with Crippen LogP contribution in [0.2, 0.25) is 0 Å². The lowest BCUT2D eigenvalue weighted by Crippen LogP contribution is -2.65. The third-order valence-corrected chi connectivity index (χ3v) is 10.9. The fourth-order valence-electron chi connectivity index (χ4n) is 8.28. The van der Waals surface area contributed by atoms with Crippen LogP contribution in [0.15, 0.2) is 0 Å². The predicted molar refractivity (Wildman–Crippen MR) is 157 cm³/mol. The summed E-state index contributed by atoms with van der Waals surface area (Å²) >= 11 is 0. The smallest absolute Gasteiger partial charge is 0.407 e.